The van der Waals surface area contributed by atoms with Gasteiger partial charge in [-0.05, 0) is 6.07 Å². The number of hydrazone groups is 1. The van der Waals surface area contributed by atoms with Crippen LogP contribution in [0, 0.1) is 0 Å². The summed E-state index contributed by atoms with van der Waals surface area (Å²) < 4.78 is 0. The number of hydrogen-bond donors (Lipinski definition) is 2. The van der Waals surface area contributed by atoms with Crippen molar-refractivity contribution in [3.05, 3.63) is 35.4 Å². The van der Waals surface area contributed by atoms with E-state index in [1.165, 1.54) is 0 Å². The zero-order valence-corrected chi connectivity index (χ0v) is 6.70. The summed E-state index contributed by atoms with van der Waals surface area (Å²) in [5.41, 5.74) is 7.32. The van der Waals surface area contributed by atoms with Crippen molar-refractivity contribution >= 4 is 13.7 Å². The summed E-state index contributed by atoms with van der Waals surface area (Å²) >= 11 is 0. The second kappa shape index (κ2) is 3.81. The van der Waals surface area contributed by atoms with Gasteiger partial charge >= 0.3 is 0 Å². The van der Waals surface area contributed by atoms with Crippen LogP contribution >= 0.6 is 0 Å². The van der Waals surface area contributed by atoms with Crippen molar-refractivity contribution in [2.45, 2.75) is 6.32 Å². The zero-order valence-electron chi connectivity index (χ0n) is 6.70. The molecule has 0 fully saturated rings. The molecule has 1 rings (SSSR count). The molecular formula is C8H10BN3. The Morgan fingerprint density at radius 2 is 2.25 bits per heavy atom. The van der Waals surface area contributed by atoms with Gasteiger partial charge in [-0.25, -0.2) is 0 Å². The van der Waals surface area contributed by atoms with E-state index in [1.807, 2.05) is 24.3 Å². The fraction of sp³-hybridized carbons (Fsp3) is 0.125. The van der Waals surface area contributed by atoms with Crippen LogP contribution in [0.25, 0.3) is 0 Å². The second-order valence-corrected chi connectivity index (χ2v) is 2.42. The lowest BCUT2D eigenvalue weighted by Crippen LogP contribution is -2.15. The van der Waals surface area contributed by atoms with Crippen LogP contribution < -0.4 is 11.6 Å². The summed E-state index contributed by atoms with van der Waals surface area (Å²) in [6, 6.07) is 7.50. The van der Waals surface area contributed by atoms with Gasteiger partial charge in [0, 0.05) is 5.56 Å². The van der Waals surface area contributed by atoms with Crippen LogP contribution in [0.4, 0.5) is 0 Å². The van der Waals surface area contributed by atoms with E-state index in [-0.39, 0.29) is 0 Å². The van der Waals surface area contributed by atoms with E-state index in [2.05, 4.69) is 5.10 Å². The van der Waals surface area contributed by atoms with E-state index < -0.39 is 0 Å². The first-order chi connectivity index (χ1) is 5.77. The summed E-state index contributed by atoms with van der Waals surface area (Å²) in [5, 5.41) is 3.39. The predicted molar refractivity (Wildman–Crippen MR) is 50.8 cm³/mol. The van der Waals surface area contributed by atoms with Crippen molar-refractivity contribution < 1.29 is 0 Å². The third-order valence-electron chi connectivity index (χ3n) is 1.60. The minimum Gasteiger partial charge on any atom is -0.382 e. The van der Waals surface area contributed by atoms with Crippen LogP contribution in [-0.4, -0.2) is 13.7 Å². The molecule has 0 aromatic heterocycles. The van der Waals surface area contributed by atoms with Crippen LogP contribution in [0.3, 0.4) is 0 Å². The number of hydrogen-bond acceptors (Lipinski definition) is 2. The van der Waals surface area contributed by atoms with Crippen molar-refractivity contribution in [3.63, 3.8) is 0 Å². The molecule has 0 aliphatic rings. The average molecular weight is 159 g/mol. The van der Waals surface area contributed by atoms with Crippen LogP contribution in [-0.2, 0) is 6.32 Å². The van der Waals surface area contributed by atoms with Crippen LogP contribution in [0.2, 0.25) is 0 Å². The second-order valence-electron chi connectivity index (χ2n) is 2.42. The van der Waals surface area contributed by atoms with Gasteiger partial charge in [-0.3, -0.25) is 0 Å². The first-order valence-electron chi connectivity index (χ1n) is 3.60. The summed E-state index contributed by atoms with van der Waals surface area (Å²) in [6.07, 6.45) is 0.492. The lowest BCUT2D eigenvalue weighted by molar-refractivity contribution is 1.22. The van der Waals surface area contributed by atoms with E-state index in [0.29, 0.717) is 12.2 Å². The molecule has 0 aliphatic carbocycles. The van der Waals surface area contributed by atoms with Gasteiger partial charge in [0.2, 0.25) is 0 Å². The third kappa shape index (κ3) is 1.78. The molecule has 0 amide bonds. The molecule has 4 heteroatoms. The van der Waals surface area contributed by atoms with Gasteiger partial charge in [0.1, 0.15) is 5.84 Å². The highest BCUT2D eigenvalue weighted by molar-refractivity contribution is 6.08. The highest BCUT2D eigenvalue weighted by atomic mass is 15.1. The van der Waals surface area contributed by atoms with Gasteiger partial charge in [-0.2, -0.15) is 5.10 Å². The van der Waals surface area contributed by atoms with Gasteiger partial charge in [0.15, 0.2) is 0 Å². The smallest absolute Gasteiger partial charge is 0.150 e. The Bertz CT molecular complexity index is 296. The topological polar surface area (TPSA) is 64.4 Å². The normalized spacial score (nSPS) is 11.5. The standard InChI is InChI=1S/C8H10BN3/c9-5-6-2-1-3-7(4-6)8(10)12-11/h1-4H,5,11H2,(H2,10,12). The zero-order chi connectivity index (χ0) is 8.97. The highest BCUT2D eigenvalue weighted by Gasteiger charge is 1.97. The maximum atomic E-state index is 5.50. The molecule has 1 aromatic rings. The summed E-state index contributed by atoms with van der Waals surface area (Å²) in [6.45, 7) is 0. The van der Waals surface area contributed by atoms with Gasteiger partial charge in [-0.1, -0.05) is 30.1 Å². The lowest BCUT2D eigenvalue weighted by atomic mass is 9.95. The van der Waals surface area contributed by atoms with Gasteiger partial charge in [0.25, 0.3) is 0 Å². The Hall–Kier alpha value is -1.45. The Kier molecular flexibility index (Phi) is 2.74. The van der Waals surface area contributed by atoms with Gasteiger partial charge in [-0.15, -0.1) is 0 Å². The van der Waals surface area contributed by atoms with E-state index in [0.717, 1.165) is 11.1 Å². The highest BCUT2D eigenvalue weighted by Crippen LogP contribution is 2.03. The van der Waals surface area contributed by atoms with Crippen LogP contribution in [0.15, 0.2) is 29.4 Å². The summed E-state index contributed by atoms with van der Waals surface area (Å²) in [4.78, 5) is 0. The Balaban J connectivity index is 3.02. The minimum atomic E-state index is 0.324. The van der Waals surface area contributed by atoms with Crippen LogP contribution in [0.5, 0.6) is 0 Å². The number of nitrogens with zero attached hydrogens (tertiary/aromatic N) is 1. The molecule has 0 unspecified atom stereocenters. The molecule has 2 radical (unpaired) electrons. The van der Waals surface area contributed by atoms with Crippen molar-refractivity contribution in [2.75, 3.05) is 0 Å². The number of rotatable bonds is 2. The molecule has 3 nitrogen and oxygen atoms in total. The molecule has 60 valence electrons. The molecule has 0 aliphatic heterocycles. The molecule has 0 spiro atoms. The predicted octanol–water partition coefficient (Wildman–Crippen LogP) is -0.0659. The fourth-order valence-electron chi connectivity index (χ4n) is 0.932. The maximum absolute atomic E-state index is 5.50. The molecule has 0 bridgehead atoms. The molecular weight excluding hydrogens is 149 g/mol. The number of nitrogens with two attached hydrogens (primary N) is 2. The number of benzene rings is 1. The Labute approximate surface area is 72.9 Å². The fourth-order valence-corrected chi connectivity index (χ4v) is 0.932. The summed E-state index contributed by atoms with van der Waals surface area (Å²) in [7, 11) is 5.45. The molecule has 4 N–H and O–H groups in total. The molecule has 0 saturated carbocycles. The molecule has 0 heterocycles. The van der Waals surface area contributed by atoms with Crippen molar-refractivity contribution in [2.24, 2.45) is 16.7 Å². The van der Waals surface area contributed by atoms with E-state index in [9.17, 15) is 0 Å². The Morgan fingerprint density at radius 1 is 1.50 bits per heavy atom. The lowest BCUT2D eigenvalue weighted by Gasteiger charge is -2.01. The third-order valence-corrected chi connectivity index (χ3v) is 1.60. The SMILES string of the molecule is [B]Cc1cccc(/C(N)=N/N)c1. The monoisotopic (exact) mass is 159 g/mol. The van der Waals surface area contributed by atoms with Crippen LogP contribution in [0.1, 0.15) is 11.1 Å². The largest absolute Gasteiger partial charge is 0.382 e. The van der Waals surface area contributed by atoms with Crippen molar-refractivity contribution in [1.82, 2.24) is 0 Å². The quantitative estimate of drug-likeness (QED) is 0.208. The van der Waals surface area contributed by atoms with E-state index >= 15 is 0 Å². The average Bonchev–Trinajstić information content (AvgIpc) is 2.17. The first kappa shape index (κ1) is 8.65. The summed E-state index contributed by atoms with van der Waals surface area (Å²) in [5.74, 6) is 5.35. The van der Waals surface area contributed by atoms with Gasteiger partial charge < -0.3 is 11.6 Å². The molecule has 12 heavy (non-hydrogen) atoms. The van der Waals surface area contributed by atoms with Crippen molar-refractivity contribution in [1.29, 1.82) is 0 Å². The molecule has 1 aromatic carbocycles. The first-order valence-corrected chi connectivity index (χ1v) is 3.60. The maximum Gasteiger partial charge on any atom is 0.150 e. The number of amidine groups is 1. The van der Waals surface area contributed by atoms with E-state index in [4.69, 9.17) is 19.4 Å². The van der Waals surface area contributed by atoms with Crippen molar-refractivity contribution in [3.8, 4) is 0 Å². The van der Waals surface area contributed by atoms with Gasteiger partial charge in [0.05, 0.1) is 7.85 Å². The minimum absolute atomic E-state index is 0.324. The Morgan fingerprint density at radius 3 is 2.83 bits per heavy atom. The molecule has 0 saturated heterocycles. The van der Waals surface area contributed by atoms with E-state index in [1.54, 1.807) is 0 Å². The molecule has 0 atom stereocenters.